The summed E-state index contributed by atoms with van der Waals surface area (Å²) in [5.74, 6) is -0.246. The maximum Gasteiger partial charge on any atom is 0.309 e. The number of carbonyl (C=O) groups is 1. The lowest BCUT2D eigenvalue weighted by molar-refractivity contribution is -0.139. The molecule has 2 aromatic rings. The average molecular weight is 369 g/mol. The van der Waals surface area contributed by atoms with Crippen molar-refractivity contribution in [3.63, 3.8) is 0 Å². The van der Waals surface area contributed by atoms with Gasteiger partial charge < -0.3 is 10.1 Å². The Bertz CT molecular complexity index is 646. The van der Waals surface area contributed by atoms with Gasteiger partial charge in [-0.1, -0.05) is 51.8 Å². The van der Waals surface area contributed by atoms with Crippen molar-refractivity contribution in [2.24, 2.45) is 0 Å². The van der Waals surface area contributed by atoms with Crippen LogP contribution in [0.4, 0.5) is 5.69 Å². The molecule has 21 heavy (non-hydrogen) atoms. The molecule has 2 aromatic carbocycles. The van der Waals surface area contributed by atoms with E-state index >= 15 is 0 Å². The van der Waals surface area contributed by atoms with E-state index in [1.54, 1.807) is 0 Å². The number of hydrogen-bond donors (Lipinski definition) is 1. The summed E-state index contributed by atoms with van der Waals surface area (Å²) in [7, 11) is 1.39. The Hall–Kier alpha value is -1.52. The molecule has 3 nitrogen and oxygen atoms in total. The molecular weight excluding hydrogens is 354 g/mol. The second-order valence-corrected chi connectivity index (χ2v) is 5.82. The van der Waals surface area contributed by atoms with Crippen molar-refractivity contribution in [3.05, 3.63) is 63.1 Å². The molecule has 0 saturated carbocycles. The minimum Gasteiger partial charge on any atom is -0.469 e. The quantitative estimate of drug-likeness (QED) is 0.793. The van der Waals surface area contributed by atoms with Crippen LogP contribution in [-0.2, 0) is 22.5 Å². The molecule has 0 atom stereocenters. The molecule has 5 heteroatoms. The molecule has 0 bridgehead atoms. The number of halogens is 2. The van der Waals surface area contributed by atoms with Crippen LogP contribution < -0.4 is 5.32 Å². The monoisotopic (exact) mass is 367 g/mol. The van der Waals surface area contributed by atoms with Gasteiger partial charge in [-0.25, -0.2) is 0 Å². The lowest BCUT2D eigenvalue weighted by Gasteiger charge is -2.12. The van der Waals surface area contributed by atoms with Crippen molar-refractivity contribution in [1.82, 2.24) is 0 Å². The van der Waals surface area contributed by atoms with Crippen molar-refractivity contribution < 1.29 is 9.53 Å². The molecule has 0 aliphatic rings. The molecule has 0 fully saturated rings. The number of rotatable bonds is 5. The summed E-state index contributed by atoms with van der Waals surface area (Å²) < 4.78 is 5.65. The maximum atomic E-state index is 11.4. The first-order valence-electron chi connectivity index (χ1n) is 6.42. The van der Waals surface area contributed by atoms with Gasteiger partial charge in [0.05, 0.1) is 24.2 Å². The molecule has 0 radical (unpaired) electrons. The van der Waals surface area contributed by atoms with E-state index in [2.05, 4.69) is 21.2 Å². The van der Waals surface area contributed by atoms with Crippen LogP contribution in [0.3, 0.4) is 0 Å². The Balaban J connectivity index is 2.11. The number of ether oxygens (including phenoxy) is 1. The SMILES string of the molecule is COC(=O)Cc1ccccc1CNc1ccc(Br)cc1Cl. The van der Waals surface area contributed by atoms with E-state index in [0.29, 0.717) is 11.6 Å². The number of benzene rings is 2. The number of methoxy groups -OCH3 is 1. The number of anilines is 1. The predicted molar refractivity (Wildman–Crippen MR) is 88.6 cm³/mol. The van der Waals surface area contributed by atoms with Crippen LogP contribution in [0.15, 0.2) is 46.9 Å². The van der Waals surface area contributed by atoms with Crippen molar-refractivity contribution in [3.8, 4) is 0 Å². The number of hydrogen-bond acceptors (Lipinski definition) is 3. The van der Waals surface area contributed by atoms with Crippen molar-refractivity contribution in [2.45, 2.75) is 13.0 Å². The Kier molecular flexibility index (Phi) is 5.65. The zero-order valence-corrected chi connectivity index (χ0v) is 13.9. The molecule has 0 unspecified atom stereocenters. The lowest BCUT2D eigenvalue weighted by atomic mass is 10.0. The summed E-state index contributed by atoms with van der Waals surface area (Å²) in [6.45, 7) is 0.592. The highest BCUT2D eigenvalue weighted by atomic mass is 79.9. The van der Waals surface area contributed by atoms with Crippen LogP contribution in [0.5, 0.6) is 0 Å². The van der Waals surface area contributed by atoms with Gasteiger partial charge in [-0.05, 0) is 29.3 Å². The van der Waals surface area contributed by atoms with Gasteiger partial charge in [-0.2, -0.15) is 0 Å². The highest BCUT2D eigenvalue weighted by Gasteiger charge is 2.08. The molecule has 0 spiro atoms. The van der Waals surface area contributed by atoms with Crippen molar-refractivity contribution in [2.75, 3.05) is 12.4 Å². The largest absolute Gasteiger partial charge is 0.469 e. The molecule has 110 valence electrons. The van der Waals surface area contributed by atoms with Crippen LogP contribution in [0.2, 0.25) is 5.02 Å². The summed E-state index contributed by atoms with van der Waals surface area (Å²) in [6.07, 6.45) is 0.266. The first kappa shape index (κ1) is 15.9. The summed E-state index contributed by atoms with van der Waals surface area (Å²) in [4.78, 5) is 11.4. The van der Waals surface area contributed by atoms with Crippen LogP contribution in [0, 0.1) is 0 Å². The van der Waals surface area contributed by atoms with Gasteiger partial charge in [-0.15, -0.1) is 0 Å². The second kappa shape index (κ2) is 7.48. The Morgan fingerprint density at radius 1 is 1.24 bits per heavy atom. The van der Waals surface area contributed by atoms with Gasteiger partial charge in [0.25, 0.3) is 0 Å². The Morgan fingerprint density at radius 2 is 1.95 bits per heavy atom. The summed E-state index contributed by atoms with van der Waals surface area (Å²) in [6, 6.07) is 13.4. The summed E-state index contributed by atoms with van der Waals surface area (Å²) >= 11 is 9.55. The molecule has 0 heterocycles. The minimum atomic E-state index is -0.246. The van der Waals surface area contributed by atoms with E-state index < -0.39 is 0 Å². The molecular formula is C16H15BrClNO2. The van der Waals surface area contributed by atoms with Gasteiger partial charge in [-0.3, -0.25) is 4.79 Å². The zero-order valence-electron chi connectivity index (χ0n) is 11.5. The fraction of sp³-hybridized carbons (Fsp3) is 0.188. The van der Waals surface area contributed by atoms with Gasteiger partial charge >= 0.3 is 5.97 Å². The van der Waals surface area contributed by atoms with Gasteiger partial charge in [0.15, 0.2) is 0 Å². The fourth-order valence-electron chi connectivity index (χ4n) is 1.95. The number of carbonyl (C=O) groups excluding carboxylic acids is 1. The van der Waals surface area contributed by atoms with E-state index in [1.807, 2.05) is 42.5 Å². The van der Waals surface area contributed by atoms with Crippen LogP contribution in [0.25, 0.3) is 0 Å². The minimum absolute atomic E-state index is 0.246. The van der Waals surface area contributed by atoms with E-state index in [-0.39, 0.29) is 12.4 Å². The summed E-state index contributed by atoms with van der Waals surface area (Å²) in [5, 5.41) is 3.93. The average Bonchev–Trinajstić information content (AvgIpc) is 2.47. The highest BCUT2D eigenvalue weighted by Crippen LogP contribution is 2.26. The third-order valence-electron chi connectivity index (χ3n) is 3.08. The molecule has 2 rings (SSSR count). The number of nitrogens with one attached hydrogen (secondary N) is 1. The lowest BCUT2D eigenvalue weighted by Crippen LogP contribution is -2.09. The number of esters is 1. The maximum absolute atomic E-state index is 11.4. The van der Waals surface area contributed by atoms with E-state index in [0.717, 1.165) is 21.3 Å². The van der Waals surface area contributed by atoms with E-state index in [1.165, 1.54) is 7.11 Å². The Morgan fingerprint density at radius 3 is 2.62 bits per heavy atom. The molecule has 0 saturated heterocycles. The third kappa shape index (κ3) is 4.48. The first-order chi connectivity index (χ1) is 10.1. The van der Waals surface area contributed by atoms with E-state index in [9.17, 15) is 4.79 Å². The highest BCUT2D eigenvalue weighted by molar-refractivity contribution is 9.10. The fourth-order valence-corrected chi connectivity index (χ4v) is 2.69. The molecule has 0 aromatic heterocycles. The predicted octanol–water partition coefficient (Wildman–Crippen LogP) is 4.43. The van der Waals surface area contributed by atoms with Gasteiger partial charge in [0, 0.05) is 11.0 Å². The molecule has 1 N–H and O–H groups in total. The molecule has 0 aliphatic heterocycles. The Labute approximate surface area is 137 Å². The third-order valence-corrected chi connectivity index (χ3v) is 3.89. The zero-order chi connectivity index (χ0) is 15.2. The van der Waals surface area contributed by atoms with Crippen molar-refractivity contribution in [1.29, 1.82) is 0 Å². The topological polar surface area (TPSA) is 38.3 Å². The molecule has 0 amide bonds. The summed E-state index contributed by atoms with van der Waals surface area (Å²) in [5.41, 5.74) is 2.85. The van der Waals surface area contributed by atoms with Crippen LogP contribution in [-0.4, -0.2) is 13.1 Å². The normalized spacial score (nSPS) is 10.2. The van der Waals surface area contributed by atoms with Crippen LogP contribution in [0.1, 0.15) is 11.1 Å². The first-order valence-corrected chi connectivity index (χ1v) is 7.60. The van der Waals surface area contributed by atoms with Gasteiger partial charge in [0.2, 0.25) is 0 Å². The van der Waals surface area contributed by atoms with E-state index in [4.69, 9.17) is 16.3 Å². The van der Waals surface area contributed by atoms with Crippen LogP contribution >= 0.6 is 27.5 Å². The standard InChI is InChI=1S/C16H15BrClNO2/c1-21-16(20)8-11-4-2-3-5-12(11)10-19-15-7-6-13(17)9-14(15)18/h2-7,9,19H,8,10H2,1H3. The van der Waals surface area contributed by atoms with Crippen molar-refractivity contribution >= 4 is 39.2 Å². The smallest absolute Gasteiger partial charge is 0.309 e. The molecule has 0 aliphatic carbocycles. The second-order valence-electron chi connectivity index (χ2n) is 4.50. The van der Waals surface area contributed by atoms with Gasteiger partial charge in [0.1, 0.15) is 0 Å².